The van der Waals surface area contributed by atoms with Crippen LogP contribution in [0.25, 0.3) is 0 Å². The van der Waals surface area contributed by atoms with E-state index in [2.05, 4.69) is 5.32 Å². The maximum Gasteiger partial charge on any atom is 0.236 e. The van der Waals surface area contributed by atoms with Gasteiger partial charge in [-0.3, -0.25) is 4.79 Å². The monoisotopic (exact) mass is 242 g/mol. The van der Waals surface area contributed by atoms with Gasteiger partial charge in [0.25, 0.3) is 0 Å². The molecule has 3 N–H and O–H groups in total. The molecule has 0 aliphatic rings. The molecule has 0 aromatic heterocycles. The summed E-state index contributed by atoms with van der Waals surface area (Å²) in [5, 5.41) is 2.44. The summed E-state index contributed by atoms with van der Waals surface area (Å²) in [5.74, 6) is -0.337. The molecule has 0 aliphatic heterocycles. The zero-order chi connectivity index (χ0) is 12.0. The second-order valence-electron chi connectivity index (χ2n) is 3.37. The average molecular weight is 242 g/mol. The standard InChI is InChI=1S/C11H15FN2OS/c1-8(13)11(15)14-7-10(12)16-9-5-3-2-4-6-9/h2-6,8,10H,7,13H2,1H3,(H,14,15)/t8-,10?/m0/s1. The van der Waals surface area contributed by atoms with Crippen molar-refractivity contribution >= 4 is 17.7 Å². The van der Waals surface area contributed by atoms with E-state index in [0.717, 1.165) is 16.7 Å². The number of carbonyl (C=O) groups is 1. The number of nitrogens with two attached hydrogens (primary N) is 1. The maximum atomic E-state index is 13.4. The Labute approximate surface area is 98.6 Å². The lowest BCUT2D eigenvalue weighted by Gasteiger charge is -2.11. The van der Waals surface area contributed by atoms with Crippen LogP contribution in [-0.4, -0.2) is 24.0 Å². The quantitative estimate of drug-likeness (QED) is 0.770. The molecule has 2 atom stereocenters. The molecule has 0 radical (unpaired) electrons. The Morgan fingerprint density at radius 1 is 1.50 bits per heavy atom. The number of hydrogen-bond acceptors (Lipinski definition) is 3. The summed E-state index contributed by atoms with van der Waals surface area (Å²) in [4.78, 5) is 11.9. The van der Waals surface area contributed by atoms with Crippen LogP contribution < -0.4 is 11.1 Å². The number of hydrogen-bond donors (Lipinski definition) is 2. The van der Waals surface area contributed by atoms with Crippen molar-refractivity contribution in [1.29, 1.82) is 0 Å². The van der Waals surface area contributed by atoms with Crippen LogP contribution in [0.3, 0.4) is 0 Å². The lowest BCUT2D eigenvalue weighted by molar-refractivity contribution is -0.122. The highest BCUT2D eigenvalue weighted by atomic mass is 32.2. The van der Waals surface area contributed by atoms with Crippen molar-refractivity contribution < 1.29 is 9.18 Å². The minimum absolute atomic E-state index is 0.0278. The number of nitrogens with one attached hydrogen (secondary N) is 1. The predicted molar refractivity (Wildman–Crippen MR) is 63.9 cm³/mol. The molecule has 1 aromatic carbocycles. The third-order valence-electron chi connectivity index (χ3n) is 1.86. The number of amides is 1. The van der Waals surface area contributed by atoms with Crippen LogP contribution in [0, 0.1) is 0 Å². The number of carbonyl (C=O) groups excluding carboxylic acids is 1. The molecule has 1 rings (SSSR count). The van der Waals surface area contributed by atoms with Crippen molar-refractivity contribution in [2.24, 2.45) is 5.73 Å². The molecular weight excluding hydrogens is 227 g/mol. The first kappa shape index (κ1) is 13.0. The van der Waals surface area contributed by atoms with E-state index in [0.29, 0.717) is 0 Å². The molecule has 0 heterocycles. The lowest BCUT2D eigenvalue weighted by Crippen LogP contribution is -2.40. The molecule has 16 heavy (non-hydrogen) atoms. The third-order valence-corrected chi connectivity index (χ3v) is 2.82. The van der Waals surface area contributed by atoms with Gasteiger partial charge in [0.15, 0.2) is 5.50 Å². The molecule has 0 saturated heterocycles. The fourth-order valence-electron chi connectivity index (χ4n) is 1.03. The smallest absolute Gasteiger partial charge is 0.236 e. The van der Waals surface area contributed by atoms with Gasteiger partial charge in [-0.15, -0.1) is 0 Å². The van der Waals surface area contributed by atoms with Crippen molar-refractivity contribution in [2.45, 2.75) is 23.4 Å². The topological polar surface area (TPSA) is 55.1 Å². The summed E-state index contributed by atoms with van der Waals surface area (Å²) in [6.07, 6.45) is 0. The summed E-state index contributed by atoms with van der Waals surface area (Å²) in [6.45, 7) is 1.53. The summed E-state index contributed by atoms with van der Waals surface area (Å²) >= 11 is 1.08. The molecule has 1 unspecified atom stereocenters. The highest BCUT2D eigenvalue weighted by molar-refractivity contribution is 7.99. The Morgan fingerprint density at radius 3 is 2.69 bits per heavy atom. The van der Waals surface area contributed by atoms with Crippen LogP contribution in [0.5, 0.6) is 0 Å². The highest BCUT2D eigenvalue weighted by Crippen LogP contribution is 2.23. The first-order valence-electron chi connectivity index (χ1n) is 4.98. The summed E-state index contributed by atoms with van der Waals surface area (Å²) in [6, 6.07) is 8.60. The molecule has 88 valence electrons. The van der Waals surface area contributed by atoms with Crippen LogP contribution in [0.1, 0.15) is 6.92 Å². The number of alkyl halides is 1. The van der Waals surface area contributed by atoms with Gasteiger partial charge in [-0.1, -0.05) is 30.0 Å². The van der Waals surface area contributed by atoms with E-state index in [1.54, 1.807) is 6.92 Å². The van der Waals surface area contributed by atoms with Crippen molar-refractivity contribution in [1.82, 2.24) is 5.32 Å². The molecule has 1 amide bonds. The summed E-state index contributed by atoms with van der Waals surface area (Å²) in [5.41, 5.74) is 4.17. The van der Waals surface area contributed by atoms with Gasteiger partial charge in [0.1, 0.15) is 0 Å². The molecule has 0 aliphatic carbocycles. The van der Waals surface area contributed by atoms with Gasteiger partial charge >= 0.3 is 0 Å². The fourth-order valence-corrected chi connectivity index (χ4v) is 1.81. The van der Waals surface area contributed by atoms with E-state index in [1.165, 1.54) is 0 Å². The average Bonchev–Trinajstić information content (AvgIpc) is 2.27. The number of thioether (sulfide) groups is 1. The number of rotatable bonds is 5. The van der Waals surface area contributed by atoms with Crippen molar-refractivity contribution in [3.05, 3.63) is 30.3 Å². The van der Waals surface area contributed by atoms with Gasteiger partial charge in [0.05, 0.1) is 12.6 Å². The Kier molecular flexibility index (Phi) is 5.28. The van der Waals surface area contributed by atoms with Crippen LogP contribution in [0.4, 0.5) is 4.39 Å². The zero-order valence-electron chi connectivity index (χ0n) is 9.02. The van der Waals surface area contributed by atoms with Crippen LogP contribution in [0.15, 0.2) is 35.2 Å². The summed E-state index contributed by atoms with van der Waals surface area (Å²) in [7, 11) is 0. The Hall–Kier alpha value is -1.07. The van der Waals surface area contributed by atoms with Crippen molar-refractivity contribution in [2.75, 3.05) is 6.54 Å². The normalized spacial score (nSPS) is 14.2. The van der Waals surface area contributed by atoms with Gasteiger partial charge in [-0.05, 0) is 19.1 Å². The van der Waals surface area contributed by atoms with E-state index in [1.807, 2.05) is 30.3 Å². The molecule has 0 bridgehead atoms. The molecule has 5 heteroatoms. The van der Waals surface area contributed by atoms with Crippen molar-refractivity contribution in [3.8, 4) is 0 Å². The van der Waals surface area contributed by atoms with E-state index in [-0.39, 0.29) is 12.5 Å². The molecule has 3 nitrogen and oxygen atoms in total. The molecular formula is C11H15FN2OS. The van der Waals surface area contributed by atoms with Gasteiger partial charge in [-0.25, -0.2) is 4.39 Å². The van der Waals surface area contributed by atoms with Crippen LogP contribution in [-0.2, 0) is 4.79 Å². The van der Waals surface area contributed by atoms with E-state index < -0.39 is 11.5 Å². The van der Waals surface area contributed by atoms with Gasteiger partial charge in [0.2, 0.25) is 5.91 Å². The van der Waals surface area contributed by atoms with Gasteiger partial charge in [-0.2, -0.15) is 0 Å². The highest BCUT2D eigenvalue weighted by Gasteiger charge is 2.12. The zero-order valence-corrected chi connectivity index (χ0v) is 9.84. The lowest BCUT2D eigenvalue weighted by atomic mass is 10.3. The minimum Gasteiger partial charge on any atom is -0.351 e. The SMILES string of the molecule is C[C@H](N)C(=O)NCC(F)Sc1ccccc1. The van der Waals surface area contributed by atoms with Crippen LogP contribution in [0.2, 0.25) is 0 Å². The Balaban J connectivity index is 2.31. The van der Waals surface area contributed by atoms with E-state index in [9.17, 15) is 9.18 Å². The van der Waals surface area contributed by atoms with Crippen molar-refractivity contribution in [3.63, 3.8) is 0 Å². The van der Waals surface area contributed by atoms with E-state index in [4.69, 9.17) is 5.73 Å². The molecule has 1 aromatic rings. The fraction of sp³-hybridized carbons (Fsp3) is 0.364. The second-order valence-corrected chi connectivity index (χ2v) is 4.59. The molecule has 0 fully saturated rings. The number of halogens is 1. The van der Waals surface area contributed by atoms with Crippen LogP contribution >= 0.6 is 11.8 Å². The largest absolute Gasteiger partial charge is 0.351 e. The first-order valence-corrected chi connectivity index (χ1v) is 5.86. The predicted octanol–water partition coefficient (Wildman–Crippen LogP) is 1.54. The third kappa shape index (κ3) is 4.63. The summed E-state index contributed by atoms with van der Waals surface area (Å²) < 4.78 is 13.4. The Bertz CT molecular complexity index is 332. The Morgan fingerprint density at radius 2 is 2.12 bits per heavy atom. The minimum atomic E-state index is -1.16. The molecule has 0 spiro atoms. The second kappa shape index (κ2) is 6.50. The van der Waals surface area contributed by atoms with E-state index >= 15 is 0 Å². The van der Waals surface area contributed by atoms with Gasteiger partial charge < -0.3 is 11.1 Å². The first-order chi connectivity index (χ1) is 7.59. The maximum absolute atomic E-state index is 13.4. The molecule has 0 saturated carbocycles. The number of benzene rings is 1. The van der Waals surface area contributed by atoms with Gasteiger partial charge in [0, 0.05) is 4.90 Å².